The summed E-state index contributed by atoms with van der Waals surface area (Å²) in [5.41, 5.74) is 5.07. The number of rotatable bonds is 9. The van der Waals surface area contributed by atoms with E-state index < -0.39 is 23.6 Å². The van der Waals surface area contributed by atoms with Crippen molar-refractivity contribution in [2.24, 2.45) is 5.16 Å². The highest BCUT2D eigenvalue weighted by molar-refractivity contribution is 7.98. The predicted octanol–water partition coefficient (Wildman–Crippen LogP) is 2.47. The number of carbonyl (C=O) groups excluding carboxylic acids is 2. The fourth-order valence-corrected chi connectivity index (χ4v) is 2.44. The molecule has 0 aliphatic carbocycles. The van der Waals surface area contributed by atoms with E-state index in [-0.39, 0.29) is 23.1 Å². The molecule has 0 saturated heterocycles. The minimum absolute atomic E-state index is 0.138. The largest absolute Gasteiger partial charge is 0.460 e. The average Bonchev–Trinajstić information content (AvgIpc) is 2.96. The number of nitrogen functional groups attached to an aromatic ring is 1. The van der Waals surface area contributed by atoms with Gasteiger partial charge >= 0.3 is 11.9 Å². The number of hydrogen-bond acceptors (Lipinski definition) is 10. The second-order valence-electron chi connectivity index (χ2n) is 6.18. The molecule has 1 aromatic rings. The van der Waals surface area contributed by atoms with Crippen molar-refractivity contribution in [1.82, 2.24) is 4.98 Å². The Morgan fingerprint density at radius 2 is 2.12 bits per heavy atom. The quantitative estimate of drug-likeness (QED) is 0.289. The van der Waals surface area contributed by atoms with Crippen LogP contribution in [0.15, 0.2) is 10.5 Å². The van der Waals surface area contributed by atoms with Gasteiger partial charge in [-0.15, -0.1) is 11.3 Å². The van der Waals surface area contributed by atoms with Gasteiger partial charge in [0, 0.05) is 11.1 Å². The molecular weight excluding hydrogens is 378 g/mol. The van der Waals surface area contributed by atoms with Gasteiger partial charge in [-0.05, 0) is 33.4 Å². The minimum Gasteiger partial charge on any atom is -0.460 e. The second-order valence-corrected chi connectivity index (χ2v) is 8.05. The van der Waals surface area contributed by atoms with Crippen LogP contribution >= 0.6 is 23.1 Å². The van der Waals surface area contributed by atoms with Crippen LogP contribution in [0.25, 0.3) is 0 Å². The SMILES string of the molecule is CCC(O/N=C(\C(=O)OCCSC)c1csc(N)n1)C(=O)OC(C)(C)C. The Hall–Kier alpha value is -1.81. The number of nitrogens with two attached hydrogens (primary N) is 1. The van der Waals surface area contributed by atoms with Crippen molar-refractivity contribution in [3.63, 3.8) is 0 Å². The highest BCUT2D eigenvalue weighted by Gasteiger charge is 2.27. The topological polar surface area (TPSA) is 113 Å². The molecule has 0 aromatic carbocycles. The van der Waals surface area contributed by atoms with Crippen molar-refractivity contribution in [3.05, 3.63) is 11.1 Å². The first kappa shape index (κ1) is 22.2. The first-order valence-electron chi connectivity index (χ1n) is 8.02. The molecule has 26 heavy (non-hydrogen) atoms. The van der Waals surface area contributed by atoms with Crippen molar-refractivity contribution in [3.8, 4) is 0 Å². The first-order chi connectivity index (χ1) is 12.2. The molecule has 1 aromatic heterocycles. The van der Waals surface area contributed by atoms with Crippen LogP contribution in [0.2, 0.25) is 0 Å². The molecule has 0 bridgehead atoms. The van der Waals surface area contributed by atoms with E-state index in [4.69, 9.17) is 20.0 Å². The number of nitrogens with zero attached hydrogens (tertiary/aromatic N) is 2. The van der Waals surface area contributed by atoms with Gasteiger partial charge in [-0.25, -0.2) is 14.6 Å². The van der Waals surface area contributed by atoms with Gasteiger partial charge in [-0.3, -0.25) is 0 Å². The zero-order chi connectivity index (χ0) is 19.7. The van der Waals surface area contributed by atoms with E-state index in [1.807, 2.05) is 6.26 Å². The number of esters is 2. The maximum absolute atomic E-state index is 12.3. The molecule has 10 heteroatoms. The number of carbonyl (C=O) groups is 2. The summed E-state index contributed by atoms with van der Waals surface area (Å²) < 4.78 is 10.4. The van der Waals surface area contributed by atoms with Crippen LogP contribution < -0.4 is 5.73 Å². The van der Waals surface area contributed by atoms with Crippen LogP contribution in [-0.2, 0) is 23.9 Å². The number of anilines is 1. The Balaban J connectivity index is 2.94. The molecular formula is C16H25N3O5S2. The highest BCUT2D eigenvalue weighted by atomic mass is 32.2. The summed E-state index contributed by atoms with van der Waals surface area (Å²) in [4.78, 5) is 33.8. The van der Waals surface area contributed by atoms with Crippen molar-refractivity contribution >= 4 is 45.9 Å². The van der Waals surface area contributed by atoms with E-state index in [9.17, 15) is 9.59 Å². The van der Waals surface area contributed by atoms with E-state index in [0.29, 0.717) is 12.2 Å². The zero-order valence-corrected chi connectivity index (χ0v) is 17.2. The summed E-state index contributed by atoms with van der Waals surface area (Å²) in [5.74, 6) is -0.603. The van der Waals surface area contributed by atoms with Gasteiger partial charge < -0.3 is 20.0 Å². The third-order valence-electron chi connectivity index (χ3n) is 2.79. The third kappa shape index (κ3) is 7.61. The highest BCUT2D eigenvalue weighted by Crippen LogP contribution is 2.15. The maximum atomic E-state index is 12.3. The van der Waals surface area contributed by atoms with Gasteiger partial charge in [-0.1, -0.05) is 12.1 Å². The van der Waals surface area contributed by atoms with Crippen LogP contribution in [0.1, 0.15) is 39.8 Å². The molecule has 0 spiro atoms. The summed E-state index contributed by atoms with van der Waals surface area (Å²) >= 11 is 2.70. The maximum Gasteiger partial charge on any atom is 0.362 e. The third-order valence-corrected chi connectivity index (χ3v) is 4.04. The standard InChI is InChI=1S/C16H25N3O5S2/c1-6-11(13(20)23-16(2,3)4)24-19-12(10-9-26-15(17)18-10)14(21)22-7-8-25-5/h9,11H,6-8H2,1-5H3,(H2,17,18)/b19-12-. The molecule has 0 amide bonds. The van der Waals surface area contributed by atoms with Gasteiger partial charge in [0.1, 0.15) is 17.9 Å². The molecule has 0 fully saturated rings. The molecule has 146 valence electrons. The predicted molar refractivity (Wildman–Crippen MR) is 103 cm³/mol. The Morgan fingerprint density at radius 3 is 2.62 bits per heavy atom. The Kier molecular flexibility index (Phi) is 8.86. The average molecular weight is 404 g/mol. The zero-order valence-electron chi connectivity index (χ0n) is 15.6. The number of thiazole rings is 1. The van der Waals surface area contributed by atoms with Gasteiger partial charge in [0.05, 0.1) is 0 Å². The van der Waals surface area contributed by atoms with E-state index >= 15 is 0 Å². The summed E-state index contributed by atoms with van der Waals surface area (Å²) in [6, 6.07) is 0. The molecule has 1 heterocycles. The molecule has 1 unspecified atom stereocenters. The van der Waals surface area contributed by atoms with Gasteiger partial charge in [0.15, 0.2) is 5.13 Å². The lowest BCUT2D eigenvalue weighted by Crippen LogP contribution is -2.33. The van der Waals surface area contributed by atoms with Crippen molar-refractivity contribution in [1.29, 1.82) is 0 Å². The first-order valence-corrected chi connectivity index (χ1v) is 10.3. The lowest BCUT2D eigenvalue weighted by Gasteiger charge is -2.22. The molecule has 0 aliphatic rings. The molecule has 0 radical (unpaired) electrons. The lowest BCUT2D eigenvalue weighted by molar-refractivity contribution is -0.169. The number of hydrogen-bond donors (Lipinski definition) is 1. The van der Waals surface area contributed by atoms with E-state index in [0.717, 1.165) is 11.3 Å². The minimum atomic E-state index is -0.945. The second kappa shape index (κ2) is 10.4. The number of thioether (sulfide) groups is 1. The van der Waals surface area contributed by atoms with Crippen LogP contribution in [0.4, 0.5) is 5.13 Å². The Morgan fingerprint density at radius 1 is 1.42 bits per heavy atom. The van der Waals surface area contributed by atoms with Gasteiger partial charge in [0.2, 0.25) is 11.8 Å². The van der Waals surface area contributed by atoms with Crippen molar-refractivity contribution in [2.75, 3.05) is 24.3 Å². The number of aromatic nitrogens is 1. The van der Waals surface area contributed by atoms with Crippen LogP contribution in [0, 0.1) is 0 Å². The lowest BCUT2D eigenvalue weighted by atomic mass is 10.2. The van der Waals surface area contributed by atoms with Crippen molar-refractivity contribution in [2.45, 2.75) is 45.8 Å². The smallest absolute Gasteiger partial charge is 0.362 e. The van der Waals surface area contributed by atoms with Crippen molar-refractivity contribution < 1.29 is 23.9 Å². The van der Waals surface area contributed by atoms with Gasteiger partial charge in [-0.2, -0.15) is 11.8 Å². The van der Waals surface area contributed by atoms with Crippen LogP contribution in [0.5, 0.6) is 0 Å². The molecule has 2 N–H and O–H groups in total. The molecule has 0 aliphatic heterocycles. The number of ether oxygens (including phenoxy) is 2. The van der Waals surface area contributed by atoms with Gasteiger partial charge in [0.25, 0.3) is 0 Å². The monoisotopic (exact) mass is 403 g/mol. The van der Waals surface area contributed by atoms with Crippen LogP contribution in [0.3, 0.4) is 0 Å². The van der Waals surface area contributed by atoms with Crippen LogP contribution in [-0.4, -0.2) is 53.0 Å². The summed E-state index contributed by atoms with van der Waals surface area (Å²) in [6.07, 6.45) is 1.28. The number of oxime groups is 1. The van der Waals surface area contributed by atoms with E-state index in [1.54, 1.807) is 44.8 Å². The summed E-state index contributed by atoms with van der Waals surface area (Å²) in [5, 5.41) is 5.68. The Labute approximate surface area is 161 Å². The molecule has 1 rings (SSSR count). The molecule has 8 nitrogen and oxygen atoms in total. The fourth-order valence-electron chi connectivity index (χ4n) is 1.64. The molecule has 1 atom stereocenters. The van der Waals surface area contributed by atoms with E-state index in [1.165, 1.54) is 0 Å². The van der Waals surface area contributed by atoms with E-state index in [2.05, 4.69) is 10.1 Å². The molecule has 0 saturated carbocycles. The fraction of sp³-hybridized carbons (Fsp3) is 0.625. The summed E-state index contributed by atoms with van der Waals surface area (Å²) in [7, 11) is 0. The summed E-state index contributed by atoms with van der Waals surface area (Å²) in [6.45, 7) is 7.25. The normalized spacial score (nSPS) is 13.2. The Bertz CT molecular complexity index is 640.